The average molecular weight is 342 g/mol. The van der Waals surface area contributed by atoms with Gasteiger partial charge < -0.3 is 4.98 Å². The molecule has 10 heteroatoms. The molecule has 0 spiro atoms. The number of aromatic nitrogens is 3. The van der Waals surface area contributed by atoms with Crippen molar-refractivity contribution < 1.29 is 8.42 Å². The minimum Gasteiger partial charge on any atom is -0.310 e. The molecule has 1 aliphatic rings. The summed E-state index contributed by atoms with van der Waals surface area (Å²) in [6.07, 6.45) is 3.85. The molecule has 0 fully saturated rings. The number of H-pyrrole nitrogens is 2. The number of aryl methyl sites for hydroxylation is 3. The minimum atomic E-state index is -4.11. The summed E-state index contributed by atoms with van der Waals surface area (Å²) in [7, 11) is -4.11. The first-order valence-corrected chi connectivity index (χ1v) is 9.01. The van der Waals surface area contributed by atoms with E-state index in [1.165, 1.54) is 18.3 Å². The molecule has 118 valence electrons. The number of sulfonamides is 1. The van der Waals surface area contributed by atoms with Crippen molar-refractivity contribution in [1.82, 2.24) is 15.0 Å². The van der Waals surface area contributed by atoms with Gasteiger partial charge >= 0.3 is 5.69 Å². The zero-order valence-corrected chi connectivity index (χ0v) is 13.4. The Labute approximate surface area is 129 Å². The topological polar surface area (TPSA) is 125 Å². The molecule has 8 nitrogen and oxygen atoms in total. The van der Waals surface area contributed by atoms with Crippen molar-refractivity contribution >= 4 is 26.5 Å². The molecule has 0 atom stereocenters. The number of thiazole rings is 1. The Morgan fingerprint density at radius 3 is 2.59 bits per heavy atom. The van der Waals surface area contributed by atoms with Crippen LogP contribution in [0.5, 0.6) is 0 Å². The average Bonchev–Trinajstić information content (AvgIpc) is 2.77. The number of hydrogen-bond acceptors (Lipinski definition) is 6. The van der Waals surface area contributed by atoms with Crippen LogP contribution in [0.1, 0.15) is 29.1 Å². The van der Waals surface area contributed by atoms with Gasteiger partial charge in [-0.15, -0.1) is 11.3 Å². The van der Waals surface area contributed by atoms with Crippen molar-refractivity contribution in [3.05, 3.63) is 37.1 Å². The lowest BCUT2D eigenvalue weighted by Crippen LogP contribution is -2.31. The summed E-state index contributed by atoms with van der Waals surface area (Å²) in [4.78, 5) is 32.0. The molecular formula is C12H14N4O4S2. The monoisotopic (exact) mass is 342 g/mol. The van der Waals surface area contributed by atoms with Crippen LogP contribution in [0.25, 0.3) is 0 Å². The Bertz CT molecular complexity index is 915. The maximum absolute atomic E-state index is 12.4. The number of aromatic amines is 2. The molecule has 0 aliphatic heterocycles. The van der Waals surface area contributed by atoms with E-state index in [2.05, 4.69) is 14.7 Å². The second kappa shape index (κ2) is 5.36. The van der Waals surface area contributed by atoms with Gasteiger partial charge in [0.25, 0.3) is 15.6 Å². The van der Waals surface area contributed by atoms with E-state index in [1.807, 2.05) is 4.98 Å². The Balaban J connectivity index is 1.99. The van der Waals surface area contributed by atoms with E-state index >= 15 is 0 Å². The predicted molar refractivity (Wildman–Crippen MR) is 82.0 cm³/mol. The van der Waals surface area contributed by atoms with Crippen molar-refractivity contribution in [3.63, 3.8) is 0 Å². The zero-order valence-electron chi connectivity index (χ0n) is 11.7. The Kier molecular flexibility index (Phi) is 3.65. The van der Waals surface area contributed by atoms with Crippen LogP contribution in [0.2, 0.25) is 0 Å². The van der Waals surface area contributed by atoms with Crippen molar-refractivity contribution in [2.24, 2.45) is 0 Å². The van der Waals surface area contributed by atoms with Crippen LogP contribution in [-0.2, 0) is 22.9 Å². The molecule has 3 N–H and O–H groups in total. The Morgan fingerprint density at radius 2 is 1.91 bits per heavy atom. The Morgan fingerprint density at radius 1 is 1.18 bits per heavy atom. The van der Waals surface area contributed by atoms with Crippen molar-refractivity contribution in [2.75, 3.05) is 4.72 Å². The summed E-state index contributed by atoms with van der Waals surface area (Å²) < 4.78 is 27.1. The molecular weight excluding hydrogens is 328 g/mol. The highest BCUT2D eigenvalue weighted by atomic mass is 32.2. The van der Waals surface area contributed by atoms with Gasteiger partial charge in [-0.05, 0) is 32.6 Å². The van der Waals surface area contributed by atoms with Crippen LogP contribution >= 0.6 is 11.3 Å². The van der Waals surface area contributed by atoms with Crippen LogP contribution < -0.4 is 16.0 Å². The first kappa shape index (κ1) is 15.0. The van der Waals surface area contributed by atoms with Crippen molar-refractivity contribution in [1.29, 1.82) is 0 Å². The SMILES string of the molecule is Cc1[nH]c(=O)[nH]c(=O)c1S(=O)(=O)Nc1nc2c(s1)CCCC2. The zero-order chi connectivity index (χ0) is 15.9. The highest BCUT2D eigenvalue weighted by molar-refractivity contribution is 7.93. The maximum atomic E-state index is 12.4. The van der Waals surface area contributed by atoms with Gasteiger partial charge in [0.15, 0.2) is 10.0 Å². The first-order valence-electron chi connectivity index (χ1n) is 6.71. The van der Waals surface area contributed by atoms with Gasteiger partial charge in [-0.3, -0.25) is 14.5 Å². The van der Waals surface area contributed by atoms with Crippen LogP contribution in [0.3, 0.4) is 0 Å². The third-order valence-electron chi connectivity index (χ3n) is 3.41. The van der Waals surface area contributed by atoms with Gasteiger partial charge in [-0.25, -0.2) is 18.2 Å². The molecule has 0 amide bonds. The smallest absolute Gasteiger partial charge is 0.310 e. The number of nitrogens with zero attached hydrogens (tertiary/aromatic N) is 1. The number of hydrogen-bond donors (Lipinski definition) is 3. The molecule has 0 radical (unpaired) electrons. The van der Waals surface area contributed by atoms with E-state index < -0.39 is 26.2 Å². The van der Waals surface area contributed by atoms with E-state index in [1.54, 1.807) is 0 Å². The van der Waals surface area contributed by atoms with Gasteiger partial charge in [0, 0.05) is 10.6 Å². The molecule has 22 heavy (non-hydrogen) atoms. The summed E-state index contributed by atoms with van der Waals surface area (Å²) in [5.41, 5.74) is -0.787. The molecule has 3 rings (SSSR count). The second-order valence-electron chi connectivity index (χ2n) is 5.06. The first-order chi connectivity index (χ1) is 10.4. The Hall–Kier alpha value is -1.94. The van der Waals surface area contributed by atoms with Gasteiger partial charge in [0.1, 0.15) is 0 Å². The van der Waals surface area contributed by atoms with Gasteiger partial charge in [0.2, 0.25) is 0 Å². The summed E-state index contributed by atoms with van der Waals surface area (Å²) in [6.45, 7) is 1.36. The van der Waals surface area contributed by atoms with E-state index in [0.717, 1.165) is 36.3 Å². The van der Waals surface area contributed by atoms with Gasteiger partial charge in [-0.2, -0.15) is 0 Å². The van der Waals surface area contributed by atoms with E-state index in [9.17, 15) is 18.0 Å². The van der Waals surface area contributed by atoms with Gasteiger partial charge in [-0.1, -0.05) is 0 Å². The summed E-state index contributed by atoms with van der Waals surface area (Å²) >= 11 is 1.29. The molecule has 1 aliphatic carbocycles. The van der Waals surface area contributed by atoms with E-state index in [4.69, 9.17) is 0 Å². The fraction of sp³-hybridized carbons (Fsp3) is 0.417. The predicted octanol–water partition coefficient (Wildman–Crippen LogP) is 0.508. The maximum Gasteiger partial charge on any atom is 0.325 e. The van der Waals surface area contributed by atoms with Crippen LogP contribution in [-0.4, -0.2) is 23.4 Å². The molecule has 0 aromatic carbocycles. The highest BCUT2D eigenvalue weighted by Gasteiger charge is 2.25. The standard InChI is InChI=1S/C12H14N4O4S2/c1-6-9(10(17)15-11(18)13-6)22(19,20)16-12-14-7-4-2-3-5-8(7)21-12/h2-5H2,1H3,(H,14,16)(H2,13,15,17,18). The minimum absolute atomic E-state index is 0.0115. The summed E-state index contributed by atoms with van der Waals surface area (Å²) in [5.74, 6) is 0. The van der Waals surface area contributed by atoms with Crippen molar-refractivity contribution in [3.8, 4) is 0 Å². The molecule has 0 saturated heterocycles. The van der Waals surface area contributed by atoms with Crippen LogP contribution in [0, 0.1) is 6.92 Å². The number of fused-ring (bicyclic) bond motifs is 1. The number of anilines is 1. The molecule has 2 aromatic rings. The largest absolute Gasteiger partial charge is 0.325 e. The number of nitrogens with one attached hydrogen (secondary N) is 3. The van der Waals surface area contributed by atoms with E-state index in [-0.39, 0.29) is 10.8 Å². The quantitative estimate of drug-likeness (QED) is 0.749. The van der Waals surface area contributed by atoms with Gasteiger partial charge in [0.05, 0.1) is 5.69 Å². The second-order valence-corrected chi connectivity index (χ2v) is 7.77. The summed E-state index contributed by atoms with van der Waals surface area (Å²) in [5, 5.41) is 0.247. The lowest BCUT2D eigenvalue weighted by Gasteiger charge is -2.06. The van der Waals surface area contributed by atoms with Crippen LogP contribution in [0.4, 0.5) is 5.13 Å². The highest BCUT2D eigenvalue weighted by Crippen LogP contribution is 2.30. The molecule has 0 unspecified atom stereocenters. The van der Waals surface area contributed by atoms with Crippen molar-refractivity contribution in [2.45, 2.75) is 37.5 Å². The molecule has 0 saturated carbocycles. The van der Waals surface area contributed by atoms with E-state index in [0.29, 0.717) is 0 Å². The normalized spacial score (nSPS) is 14.6. The lowest BCUT2D eigenvalue weighted by atomic mass is 10.0. The third-order valence-corrected chi connectivity index (χ3v) is 6.10. The van der Waals surface area contributed by atoms with Crippen LogP contribution in [0.15, 0.2) is 14.5 Å². The lowest BCUT2D eigenvalue weighted by molar-refractivity contribution is 0.598. The third kappa shape index (κ3) is 2.71. The fourth-order valence-electron chi connectivity index (χ4n) is 2.47. The molecule has 2 aromatic heterocycles. The summed E-state index contributed by atoms with van der Waals surface area (Å²) in [6, 6.07) is 0. The number of rotatable bonds is 3. The fourth-order valence-corrected chi connectivity index (χ4v) is 5.00. The molecule has 0 bridgehead atoms. The molecule has 2 heterocycles.